The molecule has 0 atom stereocenters. The molecule has 2 aliphatic heterocycles. The molecular formula is C18H28F3N5O. The number of nitrogens with zero attached hydrogens (tertiary/aromatic N) is 5. The number of halogens is 3. The van der Waals surface area contributed by atoms with Gasteiger partial charge in [0.25, 0.3) is 0 Å². The number of likely N-dealkylation sites (tertiary alicyclic amines) is 1. The summed E-state index contributed by atoms with van der Waals surface area (Å²) in [6, 6.07) is 0.536. The van der Waals surface area contributed by atoms with Crippen LogP contribution in [-0.4, -0.2) is 88.7 Å². The van der Waals surface area contributed by atoms with Crippen molar-refractivity contribution >= 4 is 5.91 Å². The molecule has 0 aromatic carbocycles. The van der Waals surface area contributed by atoms with Crippen LogP contribution in [0.15, 0.2) is 12.4 Å². The second kappa shape index (κ2) is 8.60. The Bertz CT molecular complexity index is 617. The summed E-state index contributed by atoms with van der Waals surface area (Å²) in [7, 11) is 2.14. The van der Waals surface area contributed by atoms with Crippen LogP contribution in [0.3, 0.4) is 0 Å². The Balaban J connectivity index is 1.43. The summed E-state index contributed by atoms with van der Waals surface area (Å²) in [5.41, 5.74) is 0. The Labute approximate surface area is 157 Å². The highest BCUT2D eigenvalue weighted by atomic mass is 19.4. The van der Waals surface area contributed by atoms with Gasteiger partial charge in [0.15, 0.2) is 0 Å². The number of hydrogen-bond acceptors (Lipinski definition) is 4. The number of piperidine rings is 1. The fourth-order valence-corrected chi connectivity index (χ4v) is 3.95. The van der Waals surface area contributed by atoms with E-state index in [0.29, 0.717) is 11.9 Å². The van der Waals surface area contributed by atoms with Gasteiger partial charge in [-0.3, -0.25) is 9.69 Å². The minimum Gasteiger partial charge on any atom is -0.343 e. The molecule has 0 aliphatic carbocycles. The van der Waals surface area contributed by atoms with Crippen LogP contribution >= 0.6 is 0 Å². The molecule has 1 aromatic heterocycles. The zero-order valence-electron chi connectivity index (χ0n) is 15.8. The van der Waals surface area contributed by atoms with Crippen molar-refractivity contribution < 1.29 is 18.0 Å². The third kappa shape index (κ3) is 5.68. The van der Waals surface area contributed by atoms with Gasteiger partial charge in [0.1, 0.15) is 12.4 Å². The molecule has 6 nitrogen and oxygen atoms in total. The molecule has 1 aromatic rings. The highest BCUT2D eigenvalue weighted by Crippen LogP contribution is 2.20. The monoisotopic (exact) mass is 387 g/mol. The van der Waals surface area contributed by atoms with Crippen molar-refractivity contribution in [2.24, 2.45) is 0 Å². The van der Waals surface area contributed by atoms with Crippen molar-refractivity contribution in [3.8, 4) is 0 Å². The maximum atomic E-state index is 12.6. The first-order valence-electron chi connectivity index (χ1n) is 9.59. The van der Waals surface area contributed by atoms with Gasteiger partial charge in [-0.15, -0.1) is 0 Å². The normalized spacial score (nSPS) is 21.0. The van der Waals surface area contributed by atoms with Crippen LogP contribution in [0.2, 0.25) is 0 Å². The Hall–Kier alpha value is -1.61. The number of aryl methyl sites for hydroxylation is 1. The molecule has 0 spiro atoms. The number of rotatable bonds is 5. The van der Waals surface area contributed by atoms with Gasteiger partial charge >= 0.3 is 6.18 Å². The van der Waals surface area contributed by atoms with Crippen LogP contribution in [0, 0.1) is 0 Å². The fraction of sp³-hybridized carbons (Fsp3) is 0.778. The first-order chi connectivity index (χ1) is 12.8. The SMILES string of the molecule is CN1CCN(C2CCN(C(=O)CCc3nccn3CC(F)(F)F)CC2)CC1. The van der Waals surface area contributed by atoms with Crippen LogP contribution in [-0.2, 0) is 17.8 Å². The largest absolute Gasteiger partial charge is 0.406 e. The molecule has 0 N–H and O–H groups in total. The maximum Gasteiger partial charge on any atom is 0.406 e. The van der Waals surface area contributed by atoms with Crippen molar-refractivity contribution in [2.75, 3.05) is 46.3 Å². The summed E-state index contributed by atoms with van der Waals surface area (Å²) >= 11 is 0. The van der Waals surface area contributed by atoms with E-state index in [9.17, 15) is 18.0 Å². The van der Waals surface area contributed by atoms with Gasteiger partial charge in [-0.1, -0.05) is 0 Å². The second-order valence-electron chi connectivity index (χ2n) is 7.54. The molecule has 2 fully saturated rings. The molecule has 9 heteroatoms. The lowest BCUT2D eigenvalue weighted by Gasteiger charge is -2.42. The van der Waals surface area contributed by atoms with Gasteiger partial charge in [-0.2, -0.15) is 13.2 Å². The smallest absolute Gasteiger partial charge is 0.343 e. The van der Waals surface area contributed by atoms with E-state index in [0.717, 1.165) is 56.7 Å². The number of alkyl halides is 3. The minimum absolute atomic E-state index is 0.00776. The lowest BCUT2D eigenvalue weighted by molar-refractivity contribution is -0.141. The highest BCUT2D eigenvalue weighted by molar-refractivity contribution is 5.76. The Morgan fingerprint density at radius 3 is 2.44 bits per heavy atom. The summed E-state index contributed by atoms with van der Waals surface area (Å²) in [6.07, 6.45) is 0.761. The third-order valence-corrected chi connectivity index (χ3v) is 5.59. The zero-order valence-corrected chi connectivity index (χ0v) is 15.8. The number of imidazole rings is 1. The molecule has 0 saturated carbocycles. The van der Waals surface area contributed by atoms with Crippen LogP contribution < -0.4 is 0 Å². The number of likely N-dealkylation sites (N-methyl/N-ethyl adjacent to an activating group) is 1. The number of hydrogen-bond donors (Lipinski definition) is 0. The number of carbonyl (C=O) groups is 1. The molecule has 3 rings (SSSR count). The minimum atomic E-state index is -4.29. The average molecular weight is 387 g/mol. The quantitative estimate of drug-likeness (QED) is 0.770. The molecule has 3 heterocycles. The zero-order chi connectivity index (χ0) is 19.4. The molecule has 1 amide bonds. The van der Waals surface area contributed by atoms with Crippen molar-refractivity contribution in [1.82, 2.24) is 24.3 Å². The summed E-state index contributed by atoms with van der Waals surface area (Å²) in [4.78, 5) is 23.1. The van der Waals surface area contributed by atoms with E-state index in [1.807, 2.05) is 4.90 Å². The van der Waals surface area contributed by atoms with Crippen molar-refractivity contribution in [1.29, 1.82) is 0 Å². The van der Waals surface area contributed by atoms with E-state index in [2.05, 4.69) is 21.8 Å². The Morgan fingerprint density at radius 2 is 1.81 bits per heavy atom. The topological polar surface area (TPSA) is 44.6 Å². The van der Waals surface area contributed by atoms with E-state index in [4.69, 9.17) is 0 Å². The van der Waals surface area contributed by atoms with E-state index >= 15 is 0 Å². The first-order valence-corrected chi connectivity index (χ1v) is 9.59. The number of amides is 1. The predicted octanol–water partition coefficient (Wildman–Crippen LogP) is 1.62. The molecule has 0 bridgehead atoms. The van der Waals surface area contributed by atoms with Crippen LogP contribution in [0.25, 0.3) is 0 Å². The summed E-state index contributed by atoms with van der Waals surface area (Å²) in [6.45, 7) is 4.73. The predicted molar refractivity (Wildman–Crippen MR) is 95.3 cm³/mol. The van der Waals surface area contributed by atoms with Gasteiger partial charge in [0.2, 0.25) is 5.91 Å². The second-order valence-corrected chi connectivity index (χ2v) is 7.54. The van der Waals surface area contributed by atoms with Gasteiger partial charge in [0.05, 0.1) is 0 Å². The van der Waals surface area contributed by atoms with Gasteiger partial charge in [0, 0.05) is 70.5 Å². The van der Waals surface area contributed by atoms with E-state index < -0.39 is 12.7 Å². The maximum absolute atomic E-state index is 12.6. The summed E-state index contributed by atoms with van der Waals surface area (Å²) in [5, 5.41) is 0. The Kier molecular flexibility index (Phi) is 6.41. The first kappa shape index (κ1) is 20.1. The lowest BCUT2D eigenvalue weighted by atomic mass is 10.0. The molecule has 27 heavy (non-hydrogen) atoms. The van der Waals surface area contributed by atoms with Gasteiger partial charge in [-0.25, -0.2) is 4.98 Å². The standard InChI is InChI=1S/C18H28F3N5O/c1-23-10-12-24(13-11-23)15-4-7-25(8-5-15)17(27)3-2-16-22-6-9-26(16)14-18(19,20)21/h6,9,15H,2-5,7-8,10-14H2,1H3. The molecule has 152 valence electrons. The number of carbonyl (C=O) groups excluding carboxylic acids is 1. The average Bonchev–Trinajstić information content (AvgIpc) is 3.05. The molecule has 2 aliphatic rings. The van der Waals surface area contributed by atoms with Crippen molar-refractivity contribution in [3.05, 3.63) is 18.2 Å². The molecular weight excluding hydrogens is 359 g/mol. The highest BCUT2D eigenvalue weighted by Gasteiger charge is 2.30. The van der Waals surface area contributed by atoms with E-state index in [-0.39, 0.29) is 18.7 Å². The van der Waals surface area contributed by atoms with E-state index in [1.54, 1.807) is 0 Å². The van der Waals surface area contributed by atoms with Crippen LogP contribution in [0.4, 0.5) is 13.2 Å². The van der Waals surface area contributed by atoms with Gasteiger partial charge < -0.3 is 14.4 Å². The van der Waals surface area contributed by atoms with Crippen molar-refractivity contribution in [2.45, 2.75) is 44.4 Å². The lowest BCUT2D eigenvalue weighted by Crippen LogP contribution is -2.53. The molecule has 2 saturated heterocycles. The van der Waals surface area contributed by atoms with Crippen LogP contribution in [0.5, 0.6) is 0 Å². The van der Waals surface area contributed by atoms with Crippen molar-refractivity contribution in [3.63, 3.8) is 0 Å². The van der Waals surface area contributed by atoms with E-state index in [1.165, 1.54) is 12.4 Å². The number of piperazine rings is 1. The number of aromatic nitrogens is 2. The van der Waals surface area contributed by atoms with Crippen LogP contribution in [0.1, 0.15) is 25.1 Å². The summed E-state index contributed by atoms with van der Waals surface area (Å²) < 4.78 is 38.8. The summed E-state index contributed by atoms with van der Waals surface area (Å²) in [5.74, 6) is 0.321. The van der Waals surface area contributed by atoms with Gasteiger partial charge in [-0.05, 0) is 19.9 Å². The molecule has 0 unspecified atom stereocenters. The Morgan fingerprint density at radius 1 is 1.15 bits per heavy atom. The third-order valence-electron chi connectivity index (χ3n) is 5.59. The fourth-order valence-electron chi connectivity index (χ4n) is 3.95. The molecule has 0 radical (unpaired) electrons.